The first-order valence-electron chi connectivity index (χ1n) is 7.39. The molecule has 3 N–H and O–H groups in total. The molecule has 0 bridgehead atoms. The van der Waals surface area contributed by atoms with E-state index in [1.165, 1.54) is 6.07 Å². The first-order valence-corrected chi connectivity index (χ1v) is 7.39. The van der Waals surface area contributed by atoms with Crippen molar-refractivity contribution in [3.63, 3.8) is 0 Å². The average molecular weight is 288 g/mol. The lowest BCUT2D eigenvalue weighted by molar-refractivity contribution is -0.121. The fourth-order valence-electron chi connectivity index (χ4n) is 2.61. The van der Waals surface area contributed by atoms with Crippen molar-refractivity contribution in [3.05, 3.63) is 29.6 Å². The summed E-state index contributed by atoms with van der Waals surface area (Å²) in [5.74, 6) is 5.56. The van der Waals surface area contributed by atoms with Gasteiger partial charge >= 0.3 is 0 Å². The Hall–Kier alpha value is -1.86. The van der Waals surface area contributed by atoms with Gasteiger partial charge in [-0.2, -0.15) is 0 Å². The highest BCUT2D eigenvalue weighted by atomic mass is 19.1. The number of amides is 1. The maximum Gasteiger partial charge on any atom is 0.227 e. The van der Waals surface area contributed by atoms with Gasteiger partial charge in [-0.05, 0) is 49.8 Å². The van der Waals surface area contributed by atoms with Gasteiger partial charge in [0.05, 0.1) is 12.1 Å². The van der Waals surface area contributed by atoms with E-state index in [0.717, 1.165) is 25.7 Å². The number of nitrogens with two attached hydrogens (primary N) is 1. The summed E-state index contributed by atoms with van der Waals surface area (Å²) in [6, 6.07) is 4.55. The Kier molecular flexibility index (Phi) is 5.35. The van der Waals surface area contributed by atoms with E-state index in [-0.39, 0.29) is 18.4 Å². The quantitative estimate of drug-likeness (QED) is 0.822. The van der Waals surface area contributed by atoms with Gasteiger partial charge in [0.15, 0.2) is 0 Å². The van der Waals surface area contributed by atoms with Crippen LogP contribution in [-0.2, 0) is 4.79 Å². The van der Waals surface area contributed by atoms with Crippen LogP contribution in [0.2, 0.25) is 0 Å². The van der Waals surface area contributed by atoms with Gasteiger partial charge in [-0.15, -0.1) is 0 Å². The smallest absolute Gasteiger partial charge is 0.227 e. The summed E-state index contributed by atoms with van der Waals surface area (Å²) >= 11 is 0. The molecule has 1 saturated carbocycles. The second kappa shape index (κ2) is 7.24. The van der Waals surface area contributed by atoms with Crippen LogP contribution in [0, 0.1) is 29.5 Å². The van der Waals surface area contributed by atoms with E-state index in [9.17, 15) is 9.18 Å². The van der Waals surface area contributed by atoms with E-state index in [0.29, 0.717) is 17.2 Å². The zero-order valence-electron chi connectivity index (χ0n) is 12.3. The molecule has 0 aliphatic heterocycles. The van der Waals surface area contributed by atoms with E-state index < -0.39 is 5.82 Å². The minimum Gasteiger partial charge on any atom is -0.326 e. The van der Waals surface area contributed by atoms with Gasteiger partial charge in [0.1, 0.15) is 5.82 Å². The first kappa shape index (κ1) is 15.5. The van der Waals surface area contributed by atoms with Crippen LogP contribution < -0.4 is 11.1 Å². The Morgan fingerprint density at radius 3 is 2.71 bits per heavy atom. The van der Waals surface area contributed by atoms with Gasteiger partial charge in [0.2, 0.25) is 5.91 Å². The Balaban J connectivity index is 1.99. The fourth-order valence-corrected chi connectivity index (χ4v) is 2.61. The predicted octanol–water partition coefficient (Wildman–Crippen LogP) is 2.90. The van der Waals surface area contributed by atoms with Crippen LogP contribution in [0.25, 0.3) is 0 Å². The molecule has 1 aliphatic rings. The summed E-state index contributed by atoms with van der Waals surface area (Å²) < 4.78 is 13.8. The van der Waals surface area contributed by atoms with Crippen molar-refractivity contribution in [1.29, 1.82) is 0 Å². The van der Waals surface area contributed by atoms with Crippen LogP contribution in [0.15, 0.2) is 18.2 Å². The summed E-state index contributed by atoms with van der Waals surface area (Å²) in [6.45, 7) is 2.41. The molecule has 1 amide bonds. The number of anilines is 1. The van der Waals surface area contributed by atoms with Crippen molar-refractivity contribution in [1.82, 2.24) is 0 Å². The third-order valence-electron chi connectivity index (χ3n) is 3.95. The highest BCUT2D eigenvalue weighted by Crippen LogP contribution is 2.29. The third-order valence-corrected chi connectivity index (χ3v) is 3.95. The lowest BCUT2D eigenvalue weighted by Crippen LogP contribution is -2.26. The topological polar surface area (TPSA) is 55.1 Å². The molecule has 0 spiro atoms. The van der Waals surface area contributed by atoms with Crippen molar-refractivity contribution >= 4 is 11.6 Å². The minimum atomic E-state index is -0.439. The zero-order valence-corrected chi connectivity index (χ0v) is 12.3. The van der Waals surface area contributed by atoms with Gasteiger partial charge in [-0.25, -0.2) is 4.39 Å². The third kappa shape index (κ3) is 4.30. The second-order valence-corrected chi connectivity index (χ2v) is 5.65. The first-order chi connectivity index (χ1) is 10.1. The number of rotatable bonds is 2. The molecular weight excluding hydrogens is 267 g/mol. The molecule has 0 unspecified atom stereocenters. The normalized spacial score (nSPS) is 21.3. The molecule has 0 aromatic heterocycles. The van der Waals surface area contributed by atoms with Crippen LogP contribution >= 0.6 is 0 Å². The molecule has 112 valence electrons. The molecular formula is C17H21FN2O. The molecule has 0 atom stereocenters. The minimum absolute atomic E-state index is 0.0120. The molecule has 1 aromatic carbocycles. The number of benzene rings is 1. The lowest BCUT2D eigenvalue weighted by Gasteiger charge is -2.25. The van der Waals surface area contributed by atoms with Crippen molar-refractivity contribution in [2.24, 2.45) is 17.6 Å². The van der Waals surface area contributed by atoms with Crippen LogP contribution in [-0.4, -0.2) is 12.5 Å². The summed E-state index contributed by atoms with van der Waals surface area (Å²) in [4.78, 5) is 12.2. The SMILES string of the molecule is CC1CCC(C(=O)Nc2ccc(C#CCN)c(F)c2)CC1. The summed E-state index contributed by atoms with van der Waals surface area (Å²) in [7, 11) is 0. The van der Waals surface area contributed by atoms with E-state index in [1.807, 2.05) is 0 Å². The van der Waals surface area contributed by atoms with Gasteiger partial charge in [-0.3, -0.25) is 4.79 Å². The lowest BCUT2D eigenvalue weighted by atomic mass is 9.82. The van der Waals surface area contributed by atoms with E-state index in [2.05, 4.69) is 24.1 Å². The highest BCUT2D eigenvalue weighted by Gasteiger charge is 2.24. The van der Waals surface area contributed by atoms with Crippen LogP contribution in [0.5, 0.6) is 0 Å². The molecule has 1 aromatic rings. The Morgan fingerprint density at radius 1 is 1.38 bits per heavy atom. The molecule has 21 heavy (non-hydrogen) atoms. The Bertz CT molecular complexity index is 566. The standard InChI is InChI=1S/C17H21FN2O/c1-12-4-6-14(7-5-12)17(21)20-15-9-8-13(3-2-10-19)16(18)11-15/h8-9,11-12,14H,4-7,10,19H2,1H3,(H,20,21). The van der Waals surface area contributed by atoms with Gasteiger partial charge < -0.3 is 11.1 Å². The fraction of sp³-hybridized carbons (Fsp3) is 0.471. The van der Waals surface area contributed by atoms with Gasteiger partial charge in [0, 0.05) is 11.6 Å². The largest absolute Gasteiger partial charge is 0.326 e. The second-order valence-electron chi connectivity index (χ2n) is 5.65. The summed E-state index contributed by atoms with van der Waals surface area (Å²) in [5.41, 5.74) is 6.04. The number of hydrogen-bond donors (Lipinski definition) is 2. The van der Waals surface area contributed by atoms with E-state index >= 15 is 0 Å². The number of hydrogen-bond acceptors (Lipinski definition) is 2. The van der Waals surface area contributed by atoms with Crippen molar-refractivity contribution < 1.29 is 9.18 Å². The van der Waals surface area contributed by atoms with Crippen molar-refractivity contribution in [2.75, 3.05) is 11.9 Å². The number of carbonyl (C=O) groups excluding carboxylic acids is 1. The molecule has 0 saturated heterocycles. The maximum atomic E-state index is 13.8. The highest BCUT2D eigenvalue weighted by molar-refractivity contribution is 5.92. The summed E-state index contributed by atoms with van der Waals surface area (Å²) in [5, 5.41) is 2.80. The van der Waals surface area contributed by atoms with Gasteiger partial charge in [0.25, 0.3) is 0 Å². The monoisotopic (exact) mass is 288 g/mol. The van der Waals surface area contributed by atoms with E-state index in [4.69, 9.17) is 5.73 Å². The maximum absolute atomic E-state index is 13.8. The Labute approximate surface area is 125 Å². The molecule has 1 aliphatic carbocycles. The summed E-state index contributed by atoms with van der Waals surface area (Å²) in [6.07, 6.45) is 3.99. The number of nitrogens with one attached hydrogen (secondary N) is 1. The van der Waals surface area contributed by atoms with Crippen LogP contribution in [0.1, 0.15) is 38.2 Å². The van der Waals surface area contributed by atoms with Crippen molar-refractivity contribution in [2.45, 2.75) is 32.6 Å². The zero-order chi connectivity index (χ0) is 15.2. The molecule has 0 radical (unpaired) electrons. The molecule has 0 heterocycles. The molecule has 2 rings (SSSR count). The van der Waals surface area contributed by atoms with Crippen LogP contribution in [0.4, 0.5) is 10.1 Å². The van der Waals surface area contributed by atoms with E-state index in [1.54, 1.807) is 12.1 Å². The average Bonchev–Trinajstić information content (AvgIpc) is 2.47. The number of halogens is 1. The van der Waals surface area contributed by atoms with Gasteiger partial charge in [-0.1, -0.05) is 18.8 Å². The predicted molar refractivity (Wildman–Crippen MR) is 82.1 cm³/mol. The molecule has 4 heteroatoms. The Morgan fingerprint density at radius 2 is 2.10 bits per heavy atom. The molecule has 1 fully saturated rings. The molecule has 3 nitrogen and oxygen atoms in total. The van der Waals surface area contributed by atoms with Crippen LogP contribution in [0.3, 0.4) is 0 Å². The number of carbonyl (C=O) groups is 1. The van der Waals surface area contributed by atoms with Crippen molar-refractivity contribution in [3.8, 4) is 11.8 Å².